The molecule has 2 amide bonds. The molecule has 0 aliphatic rings. The highest BCUT2D eigenvalue weighted by Gasteiger charge is 2.22. The highest BCUT2D eigenvalue weighted by atomic mass is 16.2. The Balaban J connectivity index is 4.04. The molecule has 0 saturated carbocycles. The lowest BCUT2D eigenvalue weighted by Gasteiger charge is -2.28. The summed E-state index contributed by atoms with van der Waals surface area (Å²) in [6.07, 6.45) is 3.65. The summed E-state index contributed by atoms with van der Waals surface area (Å²) in [5, 5.41) is 0. The van der Waals surface area contributed by atoms with Gasteiger partial charge >= 0.3 is 0 Å². The molecule has 0 aromatic heterocycles. The molecule has 6 nitrogen and oxygen atoms in total. The molecule has 6 heteroatoms. The van der Waals surface area contributed by atoms with E-state index < -0.39 is 11.8 Å². The summed E-state index contributed by atoms with van der Waals surface area (Å²) >= 11 is 0. The number of amides is 2. The minimum Gasteiger partial charge on any atom is -0.369 e. The number of ketones is 2. The zero-order valence-corrected chi connectivity index (χ0v) is 14.5. The van der Waals surface area contributed by atoms with Crippen molar-refractivity contribution in [3.8, 4) is 0 Å². The fourth-order valence-electron chi connectivity index (χ4n) is 2.84. The Labute approximate surface area is 138 Å². The van der Waals surface area contributed by atoms with Crippen LogP contribution in [0.4, 0.5) is 0 Å². The molecule has 132 valence electrons. The quantitative estimate of drug-likeness (QED) is 0.502. The number of hydrogen-bond acceptors (Lipinski definition) is 4. The molecule has 4 N–H and O–H groups in total. The topological polar surface area (TPSA) is 120 Å². The Morgan fingerprint density at radius 1 is 0.913 bits per heavy atom. The van der Waals surface area contributed by atoms with Crippen LogP contribution in [0, 0.1) is 11.3 Å². The Hall–Kier alpha value is -1.72. The molecule has 1 unspecified atom stereocenters. The van der Waals surface area contributed by atoms with Crippen LogP contribution in [-0.4, -0.2) is 23.4 Å². The summed E-state index contributed by atoms with van der Waals surface area (Å²) in [6.45, 7) is 6.31. The van der Waals surface area contributed by atoms with Crippen LogP contribution in [0.15, 0.2) is 0 Å². The molecular formula is C17H30N2O4. The third kappa shape index (κ3) is 12.5. The molecule has 0 bridgehead atoms. The number of nitrogens with two attached hydrogens (primary N) is 2. The summed E-state index contributed by atoms with van der Waals surface area (Å²) in [4.78, 5) is 44.3. The van der Waals surface area contributed by atoms with E-state index in [0.29, 0.717) is 25.2 Å². The van der Waals surface area contributed by atoms with Gasteiger partial charge in [-0.25, -0.2) is 0 Å². The third-order valence-electron chi connectivity index (χ3n) is 3.88. The van der Waals surface area contributed by atoms with Crippen LogP contribution in [0.2, 0.25) is 0 Å². The fraction of sp³-hybridized carbons (Fsp3) is 0.765. The number of primary amides is 2. The van der Waals surface area contributed by atoms with Gasteiger partial charge in [0, 0.05) is 12.8 Å². The van der Waals surface area contributed by atoms with Crippen molar-refractivity contribution in [3.63, 3.8) is 0 Å². The van der Waals surface area contributed by atoms with Gasteiger partial charge in [0.2, 0.25) is 11.8 Å². The van der Waals surface area contributed by atoms with Gasteiger partial charge in [-0.15, -0.1) is 0 Å². The first-order chi connectivity index (χ1) is 10.5. The van der Waals surface area contributed by atoms with Gasteiger partial charge in [-0.3, -0.25) is 19.2 Å². The van der Waals surface area contributed by atoms with Crippen LogP contribution in [0.3, 0.4) is 0 Å². The number of carbonyl (C=O) groups is 4. The Morgan fingerprint density at radius 3 is 1.87 bits per heavy atom. The first-order valence-corrected chi connectivity index (χ1v) is 8.12. The maximum absolute atomic E-state index is 11.5. The minimum absolute atomic E-state index is 0.00996. The monoisotopic (exact) mass is 326 g/mol. The largest absolute Gasteiger partial charge is 0.369 e. The van der Waals surface area contributed by atoms with Crippen molar-refractivity contribution in [3.05, 3.63) is 0 Å². The second kappa shape index (κ2) is 10.1. The van der Waals surface area contributed by atoms with Crippen LogP contribution < -0.4 is 11.5 Å². The molecule has 0 heterocycles. The Kier molecular flexibility index (Phi) is 9.37. The highest BCUT2D eigenvalue weighted by Crippen LogP contribution is 2.32. The molecule has 23 heavy (non-hydrogen) atoms. The van der Waals surface area contributed by atoms with Crippen molar-refractivity contribution in [2.45, 2.75) is 72.1 Å². The lowest BCUT2D eigenvalue weighted by Crippen LogP contribution is -2.20. The van der Waals surface area contributed by atoms with Crippen molar-refractivity contribution in [2.75, 3.05) is 0 Å². The van der Waals surface area contributed by atoms with Crippen molar-refractivity contribution >= 4 is 23.4 Å². The van der Waals surface area contributed by atoms with Gasteiger partial charge in [0.15, 0.2) is 0 Å². The Morgan fingerprint density at radius 2 is 1.39 bits per heavy atom. The molecule has 1 atom stereocenters. The second-order valence-electron chi connectivity index (χ2n) is 7.23. The smallest absolute Gasteiger partial charge is 0.224 e. The van der Waals surface area contributed by atoms with E-state index in [2.05, 4.69) is 20.8 Å². The van der Waals surface area contributed by atoms with E-state index in [1.54, 1.807) is 0 Å². The van der Waals surface area contributed by atoms with E-state index in [4.69, 9.17) is 11.5 Å². The maximum Gasteiger partial charge on any atom is 0.224 e. The van der Waals surface area contributed by atoms with Crippen LogP contribution in [0.1, 0.15) is 72.1 Å². The second-order valence-corrected chi connectivity index (χ2v) is 7.23. The van der Waals surface area contributed by atoms with Crippen LogP contribution in [0.25, 0.3) is 0 Å². The normalized spacial score (nSPS) is 12.7. The summed E-state index contributed by atoms with van der Waals surface area (Å²) in [6, 6.07) is 0. The summed E-state index contributed by atoms with van der Waals surface area (Å²) in [5.41, 5.74) is 9.98. The molecular weight excluding hydrogens is 296 g/mol. The first-order valence-electron chi connectivity index (χ1n) is 8.12. The van der Waals surface area contributed by atoms with E-state index in [9.17, 15) is 19.2 Å². The van der Waals surface area contributed by atoms with Gasteiger partial charge in [-0.05, 0) is 30.6 Å². The highest BCUT2D eigenvalue weighted by molar-refractivity contribution is 5.97. The average Bonchev–Trinajstić information content (AvgIpc) is 2.34. The van der Waals surface area contributed by atoms with Gasteiger partial charge in [0.05, 0.1) is 12.8 Å². The molecule has 0 aromatic carbocycles. The van der Waals surface area contributed by atoms with Crippen molar-refractivity contribution in [1.29, 1.82) is 0 Å². The van der Waals surface area contributed by atoms with E-state index in [0.717, 1.165) is 19.3 Å². The fourth-order valence-corrected chi connectivity index (χ4v) is 2.84. The number of rotatable bonds is 13. The van der Waals surface area contributed by atoms with Gasteiger partial charge in [0.25, 0.3) is 0 Å². The minimum atomic E-state index is -0.582. The van der Waals surface area contributed by atoms with Crippen LogP contribution in [0.5, 0.6) is 0 Å². The van der Waals surface area contributed by atoms with Crippen molar-refractivity contribution < 1.29 is 19.2 Å². The number of hydrogen-bond donors (Lipinski definition) is 2. The van der Waals surface area contributed by atoms with E-state index in [1.807, 2.05) is 0 Å². The molecule has 0 aliphatic carbocycles. The zero-order valence-electron chi connectivity index (χ0n) is 14.5. The van der Waals surface area contributed by atoms with Gasteiger partial charge in [-0.2, -0.15) is 0 Å². The average molecular weight is 326 g/mol. The van der Waals surface area contributed by atoms with Crippen molar-refractivity contribution in [2.24, 2.45) is 22.8 Å². The van der Waals surface area contributed by atoms with E-state index in [-0.39, 0.29) is 29.8 Å². The lowest BCUT2D eigenvalue weighted by molar-refractivity contribution is -0.128. The SMILES string of the molecule is CC(CCCC(=O)CC(N)=O)CC(C)(C)CCC(=O)CC(N)=O. The van der Waals surface area contributed by atoms with E-state index >= 15 is 0 Å². The summed E-state index contributed by atoms with van der Waals surface area (Å²) < 4.78 is 0. The summed E-state index contributed by atoms with van der Waals surface area (Å²) in [5.74, 6) is -0.972. The van der Waals surface area contributed by atoms with Crippen molar-refractivity contribution in [1.82, 2.24) is 0 Å². The summed E-state index contributed by atoms with van der Waals surface area (Å²) in [7, 11) is 0. The van der Waals surface area contributed by atoms with Gasteiger partial charge in [0.1, 0.15) is 11.6 Å². The lowest BCUT2D eigenvalue weighted by atomic mass is 9.78. The van der Waals surface area contributed by atoms with Gasteiger partial charge < -0.3 is 11.5 Å². The maximum atomic E-state index is 11.5. The first kappa shape index (κ1) is 21.3. The third-order valence-corrected chi connectivity index (χ3v) is 3.88. The predicted molar refractivity (Wildman–Crippen MR) is 88.3 cm³/mol. The molecule has 0 rings (SSSR count). The predicted octanol–water partition coefficient (Wildman–Crippen LogP) is 1.88. The van der Waals surface area contributed by atoms with Crippen LogP contribution >= 0.6 is 0 Å². The molecule has 0 aliphatic heterocycles. The molecule has 0 saturated heterocycles. The number of carbonyl (C=O) groups excluding carboxylic acids is 4. The molecule has 0 radical (unpaired) electrons. The van der Waals surface area contributed by atoms with Crippen LogP contribution in [-0.2, 0) is 19.2 Å². The zero-order chi connectivity index (χ0) is 18.0. The molecule has 0 spiro atoms. The van der Waals surface area contributed by atoms with E-state index in [1.165, 1.54) is 0 Å². The molecule has 0 fully saturated rings. The number of Topliss-reactive ketones (excluding diaryl/α,β-unsaturated/α-hetero) is 2. The van der Waals surface area contributed by atoms with Gasteiger partial charge in [-0.1, -0.05) is 27.2 Å². The Bertz CT molecular complexity index is 444. The standard InChI is InChI=1S/C17H30N2O4/c1-12(5-4-6-13(20)9-15(18)22)11-17(2,3)8-7-14(21)10-16(19)23/h12H,4-11H2,1-3H3,(H2,18,22)(H2,19,23). The molecule has 0 aromatic rings.